The summed E-state index contributed by atoms with van der Waals surface area (Å²) >= 11 is 22.3. The molecule has 6 nitrogen and oxygen atoms in total. The van der Waals surface area contributed by atoms with Crippen molar-refractivity contribution in [2.45, 2.75) is 6.61 Å². The number of amides is 4. The number of rotatable bonds is 5. The van der Waals surface area contributed by atoms with E-state index in [2.05, 4.69) is 21.2 Å². The molecule has 34 heavy (non-hydrogen) atoms. The molecule has 10 heteroatoms. The van der Waals surface area contributed by atoms with Crippen LogP contribution in [0.4, 0.5) is 10.5 Å². The summed E-state index contributed by atoms with van der Waals surface area (Å²) in [6, 6.07) is 16.0. The molecule has 0 unspecified atom stereocenters. The number of urea groups is 1. The minimum absolute atomic E-state index is 0.151. The van der Waals surface area contributed by atoms with Gasteiger partial charge in [0.05, 0.1) is 20.8 Å². The third kappa shape index (κ3) is 5.13. The van der Waals surface area contributed by atoms with Gasteiger partial charge in [0.2, 0.25) is 0 Å². The monoisotopic (exact) mass is 578 g/mol. The first-order chi connectivity index (χ1) is 16.2. The van der Waals surface area contributed by atoms with E-state index in [-0.39, 0.29) is 38.7 Å². The smallest absolute Gasteiger partial charge is 0.335 e. The Kier molecular flexibility index (Phi) is 7.28. The van der Waals surface area contributed by atoms with Crippen molar-refractivity contribution in [2.75, 3.05) is 4.90 Å². The topological polar surface area (TPSA) is 75.7 Å². The van der Waals surface area contributed by atoms with Crippen LogP contribution < -0.4 is 15.0 Å². The van der Waals surface area contributed by atoms with E-state index in [0.717, 1.165) is 14.9 Å². The molecule has 0 aromatic heterocycles. The van der Waals surface area contributed by atoms with Crippen molar-refractivity contribution in [3.05, 3.63) is 96.9 Å². The normalized spacial score (nSPS) is 15.0. The summed E-state index contributed by atoms with van der Waals surface area (Å²) in [6.07, 6.45) is 1.30. The summed E-state index contributed by atoms with van der Waals surface area (Å²) in [5.41, 5.74) is 1.15. The number of hydrogen-bond acceptors (Lipinski definition) is 4. The van der Waals surface area contributed by atoms with Crippen LogP contribution in [-0.4, -0.2) is 17.8 Å². The SMILES string of the molecule is O=C1NC(=O)N(c2ccccc2Cl)C(=O)/C1=C/c1cc(Cl)c(OCc2ccc(Br)cc2)c(Cl)c1. The maximum atomic E-state index is 13.0. The molecule has 1 aliphatic heterocycles. The molecule has 0 radical (unpaired) electrons. The summed E-state index contributed by atoms with van der Waals surface area (Å²) < 4.78 is 6.71. The van der Waals surface area contributed by atoms with Crippen molar-refractivity contribution in [1.82, 2.24) is 5.32 Å². The molecule has 1 aliphatic rings. The van der Waals surface area contributed by atoms with E-state index in [1.807, 2.05) is 24.3 Å². The summed E-state index contributed by atoms with van der Waals surface area (Å²) in [5.74, 6) is -1.41. The predicted octanol–water partition coefficient (Wildman–Crippen LogP) is 6.65. The lowest BCUT2D eigenvalue weighted by molar-refractivity contribution is -0.122. The standard InChI is InChI=1S/C24H14BrCl3N2O4/c25-15-7-5-13(6-8-15)12-34-21-18(27)10-14(11-19(21)28)9-16-22(31)29-24(33)30(23(16)32)20-4-2-1-3-17(20)26/h1-11H,12H2,(H,29,31,33)/b16-9+. The summed E-state index contributed by atoms with van der Waals surface area (Å²) in [4.78, 5) is 38.6. The van der Waals surface area contributed by atoms with Crippen LogP contribution in [0.15, 0.2) is 70.7 Å². The highest BCUT2D eigenvalue weighted by Crippen LogP contribution is 2.36. The second-order valence-corrected chi connectivity index (χ2v) is 9.28. The Balaban J connectivity index is 1.61. The minimum atomic E-state index is -0.895. The Hall–Kier alpha value is -2.84. The summed E-state index contributed by atoms with van der Waals surface area (Å²) in [7, 11) is 0. The van der Waals surface area contributed by atoms with Crippen LogP contribution in [0.1, 0.15) is 11.1 Å². The van der Waals surface area contributed by atoms with Crippen LogP contribution >= 0.6 is 50.7 Å². The van der Waals surface area contributed by atoms with Gasteiger partial charge < -0.3 is 4.74 Å². The van der Waals surface area contributed by atoms with E-state index in [0.29, 0.717) is 5.56 Å². The van der Waals surface area contributed by atoms with Gasteiger partial charge in [0, 0.05) is 4.47 Å². The lowest BCUT2D eigenvalue weighted by Crippen LogP contribution is -2.54. The number of barbiturate groups is 1. The molecule has 0 saturated carbocycles. The number of hydrogen-bond donors (Lipinski definition) is 1. The number of para-hydroxylation sites is 1. The third-order valence-corrected chi connectivity index (χ3v) is 6.23. The molecule has 3 aromatic carbocycles. The lowest BCUT2D eigenvalue weighted by Gasteiger charge is -2.27. The zero-order chi connectivity index (χ0) is 24.4. The van der Waals surface area contributed by atoms with E-state index in [1.54, 1.807) is 12.1 Å². The average molecular weight is 581 g/mol. The molecule has 4 rings (SSSR count). The predicted molar refractivity (Wildman–Crippen MR) is 135 cm³/mol. The Bertz CT molecular complexity index is 1320. The number of benzene rings is 3. The number of halogens is 4. The van der Waals surface area contributed by atoms with Crippen LogP contribution in [0.5, 0.6) is 5.75 Å². The third-order valence-electron chi connectivity index (χ3n) is 4.82. The van der Waals surface area contributed by atoms with Crippen molar-refractivity contribution in [1.29, 1.82) is 0 Å². The van der Waals surface area contributed by atoms with Crippen LogP contribution in [-0.2, 0) is 16.2 Å². The van der Waals surface area contributed by atoms with Gasteiger partial charge in [0.15, 0.2) is 5.75 Å². The number of ether oxygens (including phenoxy) is 1. The number of nitrogens with zero attached hydrogens (tertiary/aromatic N) is 1. The van der Waals surface area contributed by atoms with Gasteiger partial charge in [-0.2, -0.15) is 0 Å². The zero-order valence-electron chi connectivity index (χ0n) is 17.2. The molecule has 1 heterocycles. The first kappa shape index (κ1) is 24.3. The average Bonchev–Trinajstić information content (AvgIpc) is 2.78. The van der Waals surface area contributed by atoms with Crippen LogP contribution in [0.25, 0.3) is 6.08 Å². The Labute approximate surface area is 218 Å². The highest BCUT2D eigenvalue weighted by atomic mass is 79.9. The largest absolute Gasteiger partial charge is 0.486 e. The number of carbonyl (C=O) groups excluding carboxylic acids is 3. The quantitative estimate of drug-likeness (QED) is 0.271. The number of nitrogens with one attached hydrogen (secondary N) is 1. The van der Waals surface area contributed by atoms with Gasteiger partial charge in [0.1, 0.15) is 12.2 Å². The summed E-state index contributed by atoms with van der Waals surface area (Å²) in [6.45, 7) is 0.239. The van der Waals surface area contributed by atoms with Crippen LogP contribution in [0, 0.1) is 0 Å². The van der Waals surface area contributed by atoms with Gasteiger partial charge >= 0.3 is 6.03 Å². The molecule has 0 atom stereocenters. The second-order valence-electron chi connectivity index (χ2n) is 7.14. The molecule has 3 aromatic rings. The fourth-order valence-corrected chi connectivity index (χ4v) is 4.31. The highest BCUT2D eigenvalue weighted by Gasteiger charge is 2.37. The van der Waals surface area contributed by atoms with Crippen molar-refractivity contribution < 1.29 is 19.1 Å². The highest BCUT2D eigenvalue weighted by molar-refractivity contribution is 9.10. The fourth-order valence-electron chi connectivity index (χ4n) is 3.21. The fraction of sp³-hybridized carbons (Fsp3) is 0.0417. The Morgan fingerprint density at radius 1 is 0.912 bits per heavy atom. The molecular weight excluding hydrogens is 567 g/mol. The zero-order valence-corrected chi connectivity index (χ0v) is 21.0. The van der Waals surface area contributed by atoms with E-state index in [4.69, 9.17) is 39.5 Å². The van der Waals surface area contributed by atoms with Crippen molar-refractivity contribution in [3.8, 4) is 5.75 Å². The van der Waals surface area contributed by atoms with Crippen molar-refractivity contribution >= 4 is 80.3 Å². The Morgan fingerprint density at radius 3 is 2.21 bits per heavy atom. The molecule has 1 N–H and O–H groups in total. The van der Waals surface area contributed by atoms with Gasteiger partial charge in [-0.15, -0.1) is 0 Å². The van der Waals surface area contributed by atoms with Crippen molar-refractivity contribution in [2.24, 2.45) is 0 Å². The molecule has 1 fully saturated rings. The first-order valence-electron chi connectivity index (χ1n) is 9.77. The van der Waals surface area contributed by atoms with Gasteiger partial charge in [-0.3, -0.25) is 14.9 Å². The molecule has 4 amide bonds. The van der Waals surface area contributed by atoms with Crippen LogP contribution in [0.2, 0.25) is 15.1 Å². The molecule has 1 saturated heterocycles. The number of imide groups is 2. The number of anilines is 1. The van der Waals surface area contributed by atoms with Gasteiger partial charge in [0.25, 0.3) is 11.8 Å². The molecule has 0 spiro atoms. The second kappa shape index (κ2) is 10.2. The first-order valence-corrected chi connectivity index (χ1v) is 11.7. The van der Waals surface area contributed by atoms with E-state index in [1.165, 1.54) is 30.3 Å². The van der Waals surface area contributed by atoms with Crippen LogP contribution in [0.3, 0.4) is 0 Å². The molecular formula is C24H14BrCl3N2O4. The molecule has 0 bridgehead atoms. The van der Waals surface area contributed by atoms with Crippen molar-refractivity contribution in [3.63, 3.8) is 0 Å². The van der Waals surface area contributed by atoms with Gasteiger partial charge in [-0.25, -0.2) is 9.69 Å². The molecule has 0 aliphatic carbocycles. The van der Waals surface area contributed by atoms with Gasteiger partial charge in [-0.1, -0.05) is 75.0 Å². The maximum absolute atomic E-state index is 13.0. The maximum Gasteiger partial charge on any atom is 0.335 e. The van der Waals surface area contributed by atoms with E-state index >= 15 is 0 Å². The Morgan fingerprint density at radius 2 is 1.56 bits per heavy atom. The minimum Gasteiger partial charge on any atom is -0.486 e. The van der Waals surface area contributed by atoms with E-state index < -0.39 is 17.8 Å². The van der Waals surface area contributed by atoms with Gasteiger partial charge in [-0.05, 0) is 53.6 Å². The lowest BCUT2D eigenvalue weighted by atomic mass is 10.1. The van der Waals surface area contributed by atoms with E-state index in [9.17, 15) is 14.4 Å². The molecule has 172 valence electrons. The number of carbonyl (C=O) groups is 3. The summed E-state index contributed by atoms with van der Waals surface area (Å²) in [5, 5.41) is 2.71.